The fraction of sp³-hybridized carbons (Fsp3) is 0.273. The van der Waals surface area contributed by atoms with Gasteiger partial charge in [0.05, 0.1) is 0 Å². The first kappa shape index (κ1) is 11.6. The zero-order valence-electron chi connectivity index (χ0n) is 7.82. The van der Waals surface area contributed by atoms with Crippen molar-refractivity contribution in [3.05, 3.63) is 37.0 Å². The van der Waals surface area contributed by atoms with Crippen LogP contribution in [-0.4, -0.2) is 11.6 Å². The first-order valence-electron chi connectivity index (χ1n) is 4.16. The Hall–Kier alpha value is -1.44. The van der Waals surface area contributed by atoms with Gasteiger partial charge in [0.15, 0.2) is 11.6 Å². The topological polar surface area (TPSA) is 34.1 Å². The summed E-state index contributed by atoms with van der Waals surface area (Å²) in [4.78, 5) is 21.5. The highest BCUT2D eigenvalue weighted by Gasteiger charge is 1.93. The molecule has 0 atom stereocenters. The van der Waals surface area contributed by atoms with Crippen LogP contribution in [0.4, 0.5) is 0 Å². The quantitative estimate of drug-likeness (QED) is 0.461. The molecule has 0 amide bonds. The zero-order valence-corrected chi connectivity index (χ0v) is 7.82. The van der Waals surface area contributed by atoms with E-state index in [1.165, 1.54) is 19.1 Å². The van der Waals surface area contributed by atoms with E-state index in [-0.39, 0.29) is 11.6 Å². The van der Waals surface area contributed by atoms with Crippen LogP contribution in [0.25, 0.3) is 0 Å². The minimum Gasteiger partial charge on any atom is -0.295 e. The van der Waals surface area contributed by atoms with E-state index >= 15 is 0 Å². The summed E-state index contributed by atoms with van der Waals surface area (Å²) in [6.07, 6.45) is 9.06. The van der Waals surface area contributed by atoms with Crippen LogP contribution in [0.5, 0.6) is 0 Å². The van der Waals surface area contributed by atoms with Gasteiger partial charge in [-0.25, -0.2) is 0 Å². The van der Waals surface area contributed by atoms with Gasteiger partial charge >= 0.3 is 0 Å². The largest absolute Gasteiger partial charge is 0.295 e. The molecule has 0 aromatic heterocycles. The van der Waals surface area contributed by atoms with Gasteiger partial charge in [0.25, 0.3) is 0 Å². The van der Waals surface area contributed by atoms with E-state index in [2.05, 4.69) is 6.58 Å². The minimum absolute atomic E-state index is 0.0242. The standard InChI is InChI=1S/C11H14O2/c1-3-4-5-6-7-11(13)9-8-10(2)12/h3-5,8-9H,1,6-7H2,2H3. The number of hydrogen-bond acceptors (Lipinski definition) is 2. The molecule has 0 unspecified atom stereocenters. The van der Waals surface area contributed by atoms with E-state index in [9.17, 15) is 9.59 Å². The van der Waals surface area contributed by atoms with Gasteiger partial charge in [0, 0.05) is 6.42 Å². The molecular formula is C11H14O2. The van der Waals surface area contributed by atoms with Crippen molar-refractivity contribution in [2.24, 2.45) is 0 Å². The van der Waals surface area contributed by atoms with Gasteiger partial charge < -0.3 is 0 Å². The maximum atomic E-state index is 11.0. The molecule has 0 heterocycles. The lowest BCUT2D eigenvalue weighted by Gasteiger charge is -1.88. The molecule has 0 aliphatic heterocycles. The van der Waals surface area contributed by atoms with E-state index < -0.39 is 0 Å². The van der Waals surface area contributed by atoms with Crippen LogP contribution in [0, 0.1) is 0 Å². The predicted molar refractivity (Wildman–Crippen MR) is 53.4 cm³/mol. The first-order chi connectivity index (χ1) is 6.16. The highest BCUT2D eigenvalue weighted by Crippen LogP contribution is 1.94. The van der Waals surface area contributed by atoms with Crippen molar-refractivity contribution in [3.63, 3.8) is 0 Å². The SMILES string of the molecule is C=CC=CCCC(=O)C=CC(C)=O. The average molecular weight is 178 g/mol. The van der Waals surface area contributed by atoms with E-state index in [1.807, 2.05) is 6.08 Å². The summed E-state index contributed by atoms with van der Waals surface area (Å²) in [5.41, 5.74) is 0. The third-order valence-electron chi connectivity index (χ3n) is 1.33. The van der Waals surface area contributed by atoms with Crippen LogP contribution in [0.15, 0.2) is 37.0 Å². The fourth-order valence-corrected chi connectivity index (χ4v) is 0.712. The van der Waals surface area contributed by atoms with E-state index in [4.69, 9.17) is 0 Å². The summed E-state index contributed by atoms with van der Waals surface area (Å²) in [6, 6.07) is 0. The number of hydrogen-bond donors (Lipinski definition) is 0. The maximum Gasteiger partial charge on any atom is 0.156 e. The van der Waals surface area contributed by atoms with Crippen LogP contribution in [0.3, 0.4) is 0 Å². The lowest BCUT2D eigenvalue weighted by molar-refractivity contribution is -0.116. The Labute approximate surface area is 78.6 Å². The Balaban J connectivity index is 3.69. The zero-order chi connectivity index (χ0) is 10.1. The summed E-state index contributed by atoms with van der Waals surface area (Å²) < 4.78 is 0. The monoisotopic (exact) mass is 178 g/mol. The smallest absolute Gasteiger partial charge is 0.156 e. The van der Waals surface area contributed by atoms with Crippen LogP contribution in [0.1, 0.15) is 19.8 Å². The summed E-state index contributed by atoms with van der Waals surface area (Å²) >= 11 is 0. The molecular weight excluding hydrogens is 164 g/mol. The van der Waals surface area contributed by atoms with Crippen molar-refractivity contribution in [1.82, 2.24) is 0 Å². The number of ketones is 2. The van der Waals surface area contributed by atoms with Gasteiger partial charge in [0.1, 0.15) is 0 Å². The molecule has 0 fully saturated rings. The van der Waals surface area contributed by atoms with Gasteiger partial charge in [-0.3, -0.25) is 9.59 Å². The molecule has 0 spiro atoms. The lowest BCUT2D eigenvalue weighted by Crippen LogP contribution is -1.92. The van der Waals surface area contributed by atoms with Crippen LogP contribution >= 0.6 is 0 Å². The number of rotatable bonds is 6. The molecule has 13 heavy (non-hydrogen) atoms. The van der Waals surface area contributed by atoms with Gasteiger partial charge in [0.2, 0.25) is 0 Å². The molecule has 0 aliphatic carbocycles. The summed E-state index contributed by atoms with van der Waals surface area (Å²) in [7, 11) is 0. The Kier molecular flexibility index (Phi) is 6.42. The summed E-state index contributed by atoms with van der Waals surface area (Å²) in [5, 5.41) is 0. The Bertz CT molecular complexity index is 247. The second-order valence-electron chi connectivity index (χ2n) is 2.61. The van der Waals surface area contributed by atoms with E-state index in [0.717, 1.165) is 0 Å². The van der Waals surface area contributed by atoms with Crippen LogP contribution in [-0.2, 0) is 9.59 Å². The lowest BCUT2D eigenvalue weighted by atomic mass is 10.2. The number of allylic oxidation sites excluding steroid dienone is 5. The summed E-state index contributed by atoms with van der Waals surface area (Å²) in [6.45, 7) is 4.92. The average Bonchev–Trinajstić information content (AvgIpc) is 2.09. The molecule has 70 valence electrons. The molecule has 2 heteroatoms. The highest BCUT2D eigenvalue weighted by molar-refractivity contribution is 5.97. The van der Waals surface area contributed by atoms with Crippen molar-refractivity contribution >= 4 is 11.6 Å². The van der Waals surface area contributed by atoms with Gasteiger partial charge in [-0.2, -0.15) is 0 Å². The van der Waals surface area contributed by atoms with E-state index in [1.54, 1.807) is 12.2 Å². The van der Waals surface area contributed by atoms with Crippen molar-refractivity contribution in [1.29, 1.82) is 0 Å². The molecule has 0 saturated carbocycles. The third-order valence-corrected chi connectivity index (χ3v) is 1.33. The Morgan fingerprint density at radius 2 is 2.00 bits per heavy atom. The molecule has 0 aliphatic rings. The van der Waals surface area contributed by atoms with Crippen molar-refractivity contribution in [3.8, 4) is 0 Å². The second kappa shape index (κ2) is 7.22. The second-order valence-corrected chi connectivity index (χ2v) is 2.61. The third kappa shape index (κ3) is 8.47. The predicted octanol–water partition coefficient (Wildman–Crippen LogP) is 2.22. The number of carbonyl (C=O) groups excluding carboxylic acids is 2. The normalized spacial score (nSPS) is 10.8. The van der Waals surface area contributed by atoms with Gasteiger partial charge in [-0.15, -0.1) is 0 Å². The van der Waals surface area contributed by atoms with Crippen molar-refractivity contribution in [2.75, 3.05) is 0 Å². The molecule has 0 rings (SSSR count). The Morgan fingerprint density at radius 3 is 2.54 bits per heavy atom. The Morgan fingerprint density at radius 1 is 1.31 bits per heavy atom. The van der Waals surface area contributed by atoms with Crippen LogP contribution < -0.4 is 0 Å². The fourth-order valence-electron chi connectivity index (χ4n) is 0.712. The highest BCUT2D eigenvalue weighted by atomic mass is 16.1. The molecule has 0 aromatic carbocycles. The maximum absolute atomic E-state index is 11.0. The van der Waals surface area contributed by atoms with E-state index in [0.29, 0.717) is 12.8 Å². The molecule has 2 nitrogen and oxygen atoms in total. The van der Waals surface area contributed by atoms with Gasteiger partial charge in [-0.1, -0.05) is 24.8 Å². The van der Waals surface area contributed by atoms with Gasteiger partial charge in [-0.05, 0) is 25.5 Å². The van der Waals surface area contributed by atoms with Crippen LogP contribution in [0.2, 0.25) is 0 Å². The first-order valence-corrected chi connectivity index (χ1v) is 4.16. The number of carbonyl (C=O) groups is 2. The molecule has 0 N–H and O–H groups in total. The molecule has 0 aromatic rings. The summed E-state index contributed by atoms with van der Waals surface area (Å²) in [5.74, 6) is -0.126. The van der Waals surface area contributed by atoms with Crippen molar-refractivity contribution in [2.45, 2.75) is 19.8 Å². The molecule has 0 saturated heterocycles. The molecule has 0 radical (unpaired) electrons. The molecule has 0 bridgehead atoms. The minimum atomic E-state index is -0.102. The van der Waals surface area contributed by atoms with Crippen molar-refractivity contribution < 1.29 is 9.59 Å².